The van der Waals surface area contributed by atoms with Gasteiger partial charge in [0.25, 0.3) is 0 Å². The smallest absolute Gasteiger partial charge is 0.156 e. The molecule has 0 aliphatic carbocycles. The molecule has 2 aliphatic heterocycles. The monoisotopic (exact) mass is 228 g/mol. The van der Waals surface area contributed by atoms with Gasteiger partial charge in [-0.25, -0.2) is 0 Å². The third-order valence-electron chi connectivity index (χ3n) is 2.74. The minimum atomic E-state index is 0.360. The van der Waals surface area contributed by atoms with Crippen molar-refractivity contribution in [3.05, 3.63) is 0 Å². The molecule has 2 rings (SSSR count). The summed E-state index contributed by atoms with van der Waals surface area (Å²) in [5.41, 5.74) is 0.360. The molecule has 0 radical (unpaired) electrons. The lowest BCUT2D eigenvalue weighted by atomic mass is 9.97. The Balaban J connectivity index is 1.82. The second kappa shape index (κ2) is 4.74. The van der Waals surface area contributed by atoms with Gasteiger partial charge in [-0.05, 0) is 18.3 Å². The molecule has 3 nitrogen and oxygen atoms in total. The molecule has 0 spiro atoms. The lowest BCUT2D eigenvalue weighted by Gasteiger charge is -2.30. The fraction of sp³-hybridized carbons (Fsp3) is 0.909. The molecule has 2 heterocycles. The summed E-state index contributed by atoms with van der Waals surface area (Å²) in [6.45, 7) is 7.23. The van der Waals surface area contributed by atoms with Gasteiger partial charge in [-0.2, -0.15) is 0 Å². The van der Waals surface area contributed by atoms with Crippen LogP contribution < -0.4 is 5.32 Å². The molecule has 0 aromatic carbocycles. The van der Waals surface area contributed by atoms with Crippen LogP contribution in [0.1, 0.15) is 26.7 Å². The molecule has 1 unspecified atom stereocenters. The Bertz CT molecular complexity index is 247. The van der Waals surface area contributed by atoms with Gasteiger partial charge in [-0.15, -0.1) is 0 Å². The molecule has 0 bridgehead atoms. The number of hydrogen-bond acceptors (Lipinski definition) is 4. The van der Waals surface area contributed by atoms with Crippen molar-refractivity contribution < 1.29 is 4.74 Å². The molecule has 86 valence electrons. The Morgan fingerprint density at radius 2 is 2.40 bits per heavy atom. The normalized spacial score (nSPS) is 30.8. The molecule has 1 saturated heterocycles. The minimum Gasteiger partial charge on any atom is -0.379 e. The van der Waals surface area contributed by atoms with E-state index in [1.54, 1.807) is 0 Å². The van der Waals surface area contributed by atoms with E-state index in [1.807, 2.05) is 11.8 Å². The first-order valence-corrected chi connectivity index (χ1v) is 6.66. The zero-order chi connectivity index (χ0) is 10.7. The number of rotatable bonds is 1. The molecular weight excluding hydrogens is 208 g/mol. The van der Waals surface area contributed by atoms with E-state index in [1.165, 1.54) is 12.8 Å². The second-order valence-corrected chi connectivity index (χ2v) is 6.10. The summed E-state index contributed by atoms with van der Waals surface area (Å²) in [5, 5.41) is 4.60. The van der Waals surface area contributed by atoms with Gasteiger partial charge < -0.3 is 10.1 Å². The molecule has 0 amide bonds. The Kier molecular flexibility index (Phi) is 3.57. The van der Waals surface area contributed by atoms with Gasteiger partial charge in [-0.3, -0.25) is 4.99 Å². The summed E-state index contributed by atoms with van der Waals surface area (Å²) in [5.74, 6) is 1.16. The Hall–Kier alpha value is -0.220. The van der Waals surface area contributed by atoms with Crippen LogP contribution in [0.25, 0.3) is 0 Å². The SMILES string of the molecule is CC1(C)CN=C(NC2CCCOC2)SC1. The summed E-state index contributed by atoms with van der Waals surface area (Å²) in [6.07, 6.45) is 2.38. The lowest BCUT2D eigenvalue weighted by Crippen LogP contribution is -2.41. The van der Waals surface area contributed by atoms with Crippen molar-refractivity contribution in [2.75, 3.05) is 25.5 Å². The topological polar surface area (TPSA) is 33.6 Å². The van der Waals surface area contributed by atoms with Crippen LogP contribution in [0.3, 0.4) is 0 Å². The second-order valence-electron chi connectivity index (χ2n) is 5.13. The molecule has 2 aliphatic rings. The highest BCUT2D eigenvalue weighted by Gasteiger charge is 2.24. The first-order chi connectivity index (χ1) is 7.16. The van der Waals surface area contributed by atoms with Gasteiger partial charge in [0, 0.05) is 18.9 Å². The first-order valence-electron chi connectivity index (χ1n) is 5.67. The Morgan fingerprint density at radius 3 is 3.00 bits per heavy atom. The molecule has 1 atom stereocenters. The molecule has 1 fully saturated rings. The van der Waals surface area contributed by atoms with Gasteiger partial charge in [0.1, 0.15) is 0 Å². The van der Waals surface area contributed by atoms with Gasteiger partial charge >= 0.3 is 0 Å². The molecule has 0 aromatic rings. The zero-order valence-electron chi connectivity index (χ0n) is 9.58. The maximum Gasteiger partial charge on any atom is 0.156 e. The Morgan fingerprint density at radius 1 is 1.53 bits per heavy atom. The third kappa shape index (κ3) is 3.38. The molecule has 15 heavy (non-hydrogen) atoms. The molecular formula is C11H20N2OS. The molecule has 4 heteroatoms. The third-order valence-corrected chi connectivity index (χ3v) is 4.18. The highest BCUT2D eigenvalue weighted by Crippen LogP contribution is 2.27. The summed E-state index contributed by atoms with van der Waals surface area (Å²) >= 11 is 1.85. The minimum absolute atomic E-state index is 0.360. The van der Waals surface area contributed by atoms with E-state index in [0.29, 0.717) is 11.5 Å². The summed E-state index contributed by atoms with van der Waals surface area (Å²) < 4.78 is 5.44. The van der Waals surface area contributed by atoms with Crippen molar-refractivity contribution in [3.8, 4) is 0 Å². The van der Waals surface area contributed by atoms with Crippen molar-refractivity contribution in [1.82, 2.24) is 5.32 Å². The van der Waals surface area contributed by atoms with E-state index < -0.39 is 0 Å². The predicted octanol–water partition coefficient (Wildman–Crippen LogP) is 1.88. The van der Waals surface area contributed by atoms with Crippen LogP contribution >= 0.6 is 11.8 Å². The van der Waals surface area contributed by atoms with Gasteiger partial charge in [0.2, 0.25) is 0 Å². The van der Waals surface area contributed by atoms with E-state index in [0.717, 1.165) is 30.7 Å². The molecule has 0 saturated carbocycles. The fourth-order valence-corrected chi connectivity index (χ4v) is 2.78. The fourth-order valence-electron chi connectivity index (χ4n) is 1.76. The van der Waals surface area contributed by atoms with E-state index >= 15 is 0 Å². The van der Waals surface area contributed by atoms with Crippen molar-refractivity contribution in [2.45, 2.75) is 32.7 Å². The molecule has 1 N–H and O–H groups in total. The average Bonchev–Trinajstić information content (AvgIpc) is 2.23. The predicted molar refractivity (Wildman–Crippen MR) is 65.5 cm³/mol. The van der Waals surface area contributed by atoms with Crippen LogP contribution in [0, 0.1) is 5.41 Å². The quantitative estimate of drug-likeness (QED) is 0.744. The van der Waals surface area contributed by atoms with Gasteiger partial charge in [0.05, 0.1) is 12.6 Å². The van der Waals surface area contributed by atoms with Crippen molar-refractivity contribution in [2.24, 2.45) is 10.4 Å². The number of aliphatic imine (C=N–C) groups is 1. The maximum absolute atomic E-state index is 5.44. The first kappa shape index (κ1) is 11.3. The Labute approximate surface area is 96.1 Å². The molecule has 0 aromatic heterocycles. The van der Waals surface area contributed by atoms with Crippen LogP contribution in [-0.2, 0) is 4.74 Å². The average molecular weight is 228 g/mol. The number of amidine groups is 1. The van der Waals surface area contributed by atoms with Crippen molar-refractivity contribution >= 4 is 16.9 Å². The lowest BCUT2D eigenvalue weighted by molar-refractivity contribution is 0.0766. The van der Waals surface area contributed by atoms with Crippen molar-refractivity contribution in [1.29, 1.82) is 0 Å². The van der Waals surface area contributed by atoms with Crippen LogP contribution in [0.5, 0.6) is 0 Å². The number of nitrogens with one attached hydrogen (secondary N) is 1. The number of hydrogen-bond donors (Lipinski definition) is 1. The number of nitrogens with zero attached hydrogens (tertiary/aromatic N) is 1. The van der Waals surface area contributed by atoms with E-state index in [-0.39, 0.29) is 0 Å². The van der Waals surface area contributed by atoms with Crippen LogP contribution in [-0.4, -0.2) is 36.7 Å². The maximum atomic E-state index is 5.44. The van der Waals surface area contributed by atoms with Crippen molar-refractivity contribution in [3.63, 3.8) is 0 Å². The number of thioether (sulfide) groups is 1. The zero-order valence-corrected chi connectivity index (χ0v) is 10.4. The van der Waals surface area contributed by atoms with Gasteiger partial charge in [-0.1, -0.05) is 25.6 Å². The summed E-state index contributed by atoms with van der Waals surface area (Å²) in [4.78, 5) is 4.59. The summed E-state index contributed by atoms with van der Waals surface area (Å²) in [7, 11) is 0. The van der Waals surface area contributed by atoms with E-state index in [2.05, 4.69) is 24.2 Å². The van der Waals surface area contributed by atoms with E-state index in [4.69, 9.17) is 4.74 Å². The van der Waals surface area contributed by atoms with Crippen LogP contribution in [0.2, 0.25) is 0 Å². The standard InChI is InChI=1S/C11H20N2OS/c1-11(2)7-12-10(15-8-11)13-9-4-3-5-14-6-9/h9H,3-8H2,1-2H3,(H,12,13). The van der Waals surface area contributed by atoms with Crippen LogP contribution in [0.15, 0.2) is 4.99 Å². The largest absolute Gasteiger partial charge is 0.379 e. The number of ether oxygens (including phenoxy) is 1. The highest BCUT2D eigenvalue weighted by atomic mass is 32.2. The van der Waals surface area contributed by atoms with Gasteiger partial charge in [0.15, 0.2) is 5.17 Å². The highest BCUT2D eigenvalue weighted by molar-refractivity contribution is 8.13. The summed E-state index contributed by atoms with van der Waals surface area (Å²) in [6, 6.07) is 0.478. The van der Waals surface area contributed by atoms with E-state index in [9.17, 15) is 0 Å². The van der Waals surface area contributed by atoms with Crippen LogP contribution in [0.4, 0.5) is 0 Å².